The highest BCUT2D eigenvalue weighted by molar-refractivity contribution is 6.03. The Kier molecular flexibility index (Phi) is 4.00. The Balaban J connectivity index is 3.07. The van der Waals surface area contributed by atoms with Crippen molar-refractivity contribution in [3.05, 3.63) is 23.8 Å². The highest BCUT2D eigenvalue weighted by atomic mass is 27.1. The molecule has 1 aromatic carbocycles. The molecule has 0 aliphatic rings. The van der Waals surface area contributed by atoms with Crippen LogP contribution in [0.1, 0.15) is 24.2 Å². The minimum Gasteiger partial charge on any atom is -0.653 e. The number of ether oxygens (including phenoxy) is 1. The predicted octanol–water partition coefficient (Wildman–Crippen LogP) is 1.75. The van der Waals surface area contributed by atoms with E-state index in [0.717, 1.165) is 0 Å². The molecule has 4 heteroatoms. The van der Waals surface area contributed by atoms with E-state index in [1.807, 2.05) is 6.92 Å². The van der Waals surface area contributed by atoms with Crippen molar-refractivity contribution in [2.45, 2.75) is 13.8 Å². The highest BCUT2D eigenvalue weighted by Crippen LogP contribution is 2.24. The van der Waals surface area contributed by atoms with Gasteiger partial charge in [0.25, 0.3) is 0 Å². The predicted molar refractivity (Wildman–Crippen MR) is 54.0 cm³/mol. The Labute approximate surface area is 91.8 Å². The van der Waals surface area contributed by atoms with Crippen LogP contribution in [0.5, 0.6) is 11.5 Å². The summed E-state index contributed by atoms with van der Waals surface area (Å²) in [6, 6.07) is 5.18. The van der Waals surface area contributed by atoms with Crippen molar-refractivity contribution in [1.29, 1.82) is 0 Å². The van der Waals surface area contributed by atoms with Crippen molar-refractivity contribution >= 4 is 22.4 Å². The van der Waals surface area contributed by atoms with Crippen LogP contribution in [0.4, 0.5) is 0 Å². The molecule has 0 aliphatic heterocycles. The monoisotopic (exact) mass is 206 g/mol. The molecule has 0 fully saturated rings. The third kappa shape index (κ3) is 2.51. The lowest BCUT2D eigenvalue weighted by Gasteiger charge is -2.10. The van der Waals surface area contributed by atoms with Gasteiger partial charge in [-0.2, -0.15) is 0 Å². The van der Waals surface area contributed by atoms with Crippen LogP contribution < -0.4 is 8.53 Å². The molecule has 0 amide bonds. The Hall–Kier alpha value is -0.978. The fraction of sp³-hybridized carbons (Fsp3) is 0.300. The summed E-state index contributed by atoms with van der Waals surface area (Å²) in [6.07, 6.45) is 0. The number of carbonyl (C=O) groups is 1. The van der Waals surface area contributed by atoms with E-state index >= 15 is 0 Å². The zero-order chi connectivity index (χ0) is 10.6. The molecule has 0 unspecified atom stereocenters. The van der Waals surface area contributed by atoms with Crippen LogP contribution >= 0.6 is 0 Å². The fourth-order valence-electron chi connectivity index (χ4n) is 1.14. The van der Waals surface area contributed by atoms with Crippen molar-refractivity contribution in [3.63, 3.8) is 0 Å². The van der Waals surface area contributed by atoms with E-state index in [-0.39, 0.29) is 5.78 Å². The molecule has 0 atom stereocenters. The lowest BCUT2D eigenvalue weighted by molar-refractivity contribution is 0.101. The van der Waals surface area contributed by atoms with Gasteiger partial charge in [-0.15, -0.1) is 0 Å². The summed E-state index contributed by atoms with van der Waals surface area (Å²) in [7, 11) is 0. The molecule has 0 saturated heterocycles. The molecule has 0 saturated carbocycles. The van der Waals surface area contributed by atoms with E-state index in [4.69, 9.17) is 8.53 Å². The van der Waals surface area contributed by atoms with Crippen molar-refractivity contribution < 1.29 is 13.3 Å². The maximum absolute atomic E-state index is 11.2. The molecule has 0 aliphatic carbocycles. The number of ketones is 1. The lowest BCUT2D eigenvalue weighted by atomic mass is 10.1. The molecule has 3 nitrogen and oxygen atoms in total. The molecule has 72 valence electrons. The molecule has 0 spiro atoms. The molecule has 0 bridgehead atoms. The van der Waals surface area contributed by atoms with Crippen LogP contribution in [0.3, 0.4) is 0 Å². The zero-order valence-corrected chi connectivity index (χ0v) is 9.40. The molecule has 0 heterocycles. The second-order valence-electron chi connectivity index (χ2n) is 2.77. The van der Waals surface area contributed by atoms with Gasteiger partial charge in [-0.3, -0.25) is 4.79 Å². The lowest BCUT2D eigenvalue weighted by Crippen LogP contribution is -2.00. The molecular weight excluding hydrogens is 195 g/mol. The van der Waals surface area contributed by atoms with Crippen LogP contribution in [0.2, 0.25) is 0 Å². The Morgan fingerprint density at radius 3 is 2.71 bits per heavy atom. The molecular formula is C10H11AlO3. The van der Waals surface area contributed by atoms with Gasteiger partial charge in [0.1, 0.15) is 5.75 Å². The Bertz CT molecular complexity index is 336. The van der Waals surface area contributed by atoms with E-state index in [2.05, 4.69) is 16.6 Å². The van der Waals surface area contributed by atoms with E-state index < -0.39 is 0 Å². The largest absolute Gasteiger partial charge is 0.653 e. The first kappa shape index (κ1) is 11.1. The number of carbonyl (C=O) groups excluding carboxylic acids is 1. The van der Waals surface area contributed by atoms with Gasteiger partial charge in [-0.05, 0) is 32.0 Å². The van der Waals surface area contributed by atoms with Crippen LogP contribution in [0.15, 0.2) is 18.2 Å². The van der Waals surface area contributed by atoms with Crippen molar-refractivity contribution in [2.24, 2.45) is 0 Å². The van der Waals surface area contributed by atoms with Crippen LogP contribution in [-0.4, -0.2) is 29.0 Å². The maximum Gasteiger partial charge on any atom is 0.482 e. The van der Waals surface area contributed by atoms with E-state index in [1.54, 1.807) is 18.2 Å². The van der Waals surface area contributed by atoms with Crippen molar-refractivity contribution in [1.82, 2.24) is 0 Å². The first-order valence-corrected chi connectivity index (χ1v) is 4.80. The zero-order valence-electron chi connectivity index (χ0n) is 8.24. The Morgan fingerprint density at radius 1 is 1.50 bits per heavy atom. The van der Waals surface area contributed by atoms with Gasteiger partial charge in [-0.1, -0.05) is 0 Å². The highest BCUT2D eigenvalue weighted by Gasteiger charge is 2.07. The van der Waals surface area contributed by atoms with Gasteiger partial charge in [0.05, 0.1) is 17.9 Å². The second kappa shape index (κ2) is 5.04. The maximum atomic E-state index is 11.2. The standard InChI is InChI=1S/C10H12O3.Al/c1-3-13-8-4-5-10(12)9(6-8)7(2)11;/h4-6,12H,3H2,1-2H3;/q;+1/p-1. The quantitative estimate of drug-likeness (QED) is 0.556. The number of Topliss-reactive ketones (excluding diaryl/α,β-unsaturated/α-hetero) is 1. The average molecular weight is 206 g/mol. The van der Waals surface area contributed by atoms with Crippen LogP contribution in [0.25, 0.3) is 0 Å². The summed E-state index contributed by atoms with van der Waals surface area (Å²) in [5.74, 6) is 1.19. The third-order valence-electron chi connectivity index (χ3n) is 1.77. The second-order valence-corrected chi connectivity index (χ2v) is 3.00. The SMILES string of the molecule is CCOc1ccc([O][Al])c(C(C)=O)c1. The van der Waals surface area contributed by atoms with E-state index in [9.17, 15) is 4.79 Å². The van der Waals surface area contributed by atoms with Gasteiger partial charge in [-0.25, -0.2) is 0 Å². The summed E-state index contributed by atoms with van der Waals surface area (Å²) in [5.41, 5.74) is 0.533. The third-order valence-corrected chi connectivity index (χ3v) is 2.02. The first-order valence-electron chi connectivity index (χ1n) is 4.33. The fourth-order valence-corrected chi connectivity index (χ4v) is 1.35. The van der Waals surface area contributed by atoms with E-state index in [1.165, 1.54) is 6.92 Å². The van der Waals surface area contributed by atoms with Gasteiger partial charge in [0.15, 0.2) is 5.78 Å². The molecule has 1 rings (SSSR count). The van der Waals surface area contributed by atoms with Crippen molar-refractivity contribution in [3.8, 4) is 11.5 Å². The van der Waals surface area contributed by atoms with Crippen LogP contribution in [0, 0.1) is 0 Å². The summed E-state index contributed by atoms with van der Waals surface area (Å²) in [5, 5.41) is 0. The topological polar surface area (TPSA) is 35.5 Å². The number of rotatable bonds is 4. The average Bonchev–Trinajstić information content (AvgIpc) is 2.18. The summed E-state index contributed by atoms with van der Waals surface area (Å²) >= 11 is 2.12. The number of benzene rings is 1. The summed E-state index contributed by atoms with van der Waals surface area (Å²) in [4.78, 5) is 11.2. The van der Waals surface area contributed by atoms with E-state index in [0.29, 0.717) is 23.7 Å². The van der Waals surface area contributed by atoms with Gasteiger partial charge in [0.2, 0.25) is 0 Å². The minimum atomic E-state index is -0.0380. The minimum absolute atomic E-state index is 0.0380. The summed E-state index contributed by atoms with van der Waals surface area (Å²) in [6.45, 7) is 3.98. The van der Waals surface area contributed by atoms with Gasteiger partial charge in [0, 0.05) is 0 Å². The Morgan fingerprint density at radius 2 is 2.21 bits per heavy atom. The molecule has 0 aromatic heterocycles. The first-order chi connectivity index (χ1) is 6.69. The molecule has 14 heavy (non-hydrogen) atoms. The van der Waals surface area contributed by atoms with Crippen LogP contribution in [-0.2, 0) is 0 Å². The smallest absolute Gasteiger partial charge is 0.482 e. The molecule has 0 N–H and O–H groups in total. The normalized spacial score (nSPS) is 9.57. The van der Waals surface area contributed by atoms with Gasteiger partial charge >= 0.3 is 16.6 Å². The molecule has 2 radical (unpaired) electrons. The number of hydrogen-bond acceptors (Lipinski definition) is 3. The number of hydrogen-bond donors (Lipinski definition) is 0. The van der Waals surface area contributed by atoms with Gasteiger partial charge < -0.3 is 8.53 Å². The molecule has 1 aromatic rings. The summed E-state index contributed by atoms with van der Waals surface area (Å²) < 4.78 is 10.3. The van der Waals surface area contributed by atoms with Crippen molar-refractivity contribution in [2.75, 3.05) is 6.61 Å².